The van der Waals surface area contributed by atoms with Crippen LogP contribution in [-0.2, 0) is 10.0 Å². The number of primary sulfonamides is 1. The normalized spacial score (nSPS) is 25.0. The molecule has 6 heteroatoms. The zero-order valence-corrected chi connectivity index (χ0v) is 13.8. The Bertz CT molecular complexity index is 920. The molecule has 5 nitrogen and oxygen atoms in total. The Hall–Kier alpha value is -2.31. The average molecular weight is 341 g/mol. The van der Waals surface area contributed by atoms with Gasteiger partial charge in [-0.1, -0.05) is 24.3 Å². The number of allylic oxidation sites excluding steroid dienone is 2. The fourth-order valence-corrected chi connectivity index (χ4v) is 4.33. The second kappa shape index (κ2) is 5.36. The number of sulfonamides is 1. The van der Waals surface area contributed by atoms with Crippen LogP contribution >= 0.6 is 0 Å². The Labute approximate surface area is 141 Å². The van der Waals surface area contributed by atoms with E-state index in [9.17, 15) is 8.42 Å². The van der Waals surface area contributed by atoms with Gasteiger partial charge in [-0.05, 0) is 53.8 Å². The molecule has 3 unspecified atom stereocenters. The lowest BCUT2D eigenvalue weighted by Gasteiger charge is -2.37. The zero-order chi connectivity index (χ0) is 16.9. The first-order valence-corrected chi connectivity index (χ1v) is 9.43. The van der Waals surface area contributed by atoms with Crippen LogP contribution in [0.1, 0.15) is 29.5 Å². The molecule has 2 aliphatic rings. The summed E-state index contributed by atoms with van der Waals surface area (Å²) in [7, 11) is -3.70. The molecule has 24 heavy (non-hydrogen) atoms. The Balaban J connectivity index is 1.79. The van der Waals surface area contributed by atoms with Crippen molar-refractivity contribution in [3.05, 3.63) is 65.7 Å². The maximum atomic E-state index is 11.7. The molecule has 0 bridgehead atoms. The van der Waals surface area contributed by atoms with Gasteiger partial charge in [0.1, 0.15) is 0 Å². The van der Waals surface area contributed by atoms with E-state index in [1.54, 1.807) is 12.1 Å². The molecule has 1 aliphatic heterocycles. The number of hydrogen-bond donors (Lipinski definition) is 3. The van der Waals surface area contributed by atoms with Gasteiger partial charge in [-0.3, -0.25) is 0 Å². The molecule has 0 saturated heterocycles. The van der Waals surface area contributed by atoms with Gasteiger partial charge in [0.05, 0.1) is 10.9 Å². The molecule has 0 saturated carbocycles. The van der Waals surface area contributed by atoms with Gasteiger partial charge < -0.3 is 11.1 Å². The summed E-state index contributed by atoms with van der Waals surface area (Å²) in [5, 5.41) is 8.85. The molecule has 2 aromatic carbocycles. The van der Waals surface area contributed by atoms with Crippen molar-refractivity contribution in [1.82, 2.24) is 0 Å². The van der Waals surface area contributed by atoms with Crippen LogP contribution in [0.15, 0.2) is 59.5 Å². The van der Waals surface area contributed by atoms with Gasteiger partial charge in [-0.25, -0.2) is 13.6 Å². The van der Waals surface area contributed by atoms with Crippen molar-refractivity contribution in [2.24, 2.45) is 11.1 Å². The van der Waals surface area contributed by atoms with E-state index >= 15 is 0 Å². The van der Waals surface area contributed by atoms with Gasteiger partial charge >= 0.3 is 0 Å². The number of benzene rings is 2. The quantitative estimate of drug-likeness (QED) is 0.578. The van der Waals surface area contributed by atoms with E-state index in [-0.39, 0.29) is 16.9 Å². The van der Waals surface area contributed by atoms with Crippen LogP contribution in [0.5, 0.6) is 0 Å². The van der Waals surface area contributed by atoms with E-state index in [1.807, 2.05) is 30.3 Å². The van der Waals surface area contributed by atoms with Crippen molar-refractivity contribution in [1.29, 1.82) is 0 Å². The molecule has 1 heterocycles. The minimum atomic E-state index is -3.70. The Morgan fingerprint density at radius 1 is 1.08 bits per heavy atom. The zero-order valence-electron chi connectivity index (χ0n) is 13.0. The topological polar surface area (TPSA) is 98.2 Å². The maximum absolute atomic E-state index is 11.7. The van der Waals surface area contributed by atoms with Crippen molar-refractivity contribution < 1.29 is 8.42 Å². The van der Waals surface area contributed by atoms with Crippen LogP contribution in [0.25, 0.3) is 0 Å². The molecule has 0 aromatic heterocycles. The maximum Gasteiger partial charge on any atom is 0.238 e. The van der Waals surface area contributed by atoms with Crippen molar-refractivity contribution >= 4 is 21.4 Å². The van der Waals surface area contributed by atoms with Gasteiger partial charge in [-0.2, -0.15) is 0 Å². The lowest BCUT2D eigenvalue weighted by atomic mass is 9.77. The lowest BCUT2D eigenvalue weighted by molar-refractivity contribution is 0.425. The Morgan fingerprint density at radius 2 is 1.83 bits per heavy atom. The molecular formula is C18H19N3O2S. The van der Waals surface area contributed by atoms with Crippen LogP contribution < -0.4 is 16.2 Å². The average Bonchev–Trinajstić information content (AvgIpc) is 3.03. The summed E-state index contributed by atoms with van der Waals surface area (Å²) in [6.45, 7) is 0. The summed E-state index contributed by atoms with van der Waals surface area (Å²) < 4.78 is 23.3. The molecule has 0 spiro atoms. The van der Waals surface area contributed by atoms with E-state index in [2.05, 4.69) is 17.5 Å². The number of rotatable bonds is 2. The predicted molar refractivity (Wildman–Crippen MR) is 95.0 cm³/mol. The number of nitrogen functional groups attached to an aromatic ring is 1. The largest absolute Gasteiger partial charge is 0.399 e. The molecular weight excluding hydrogens is 322 g/mol. The minimum Gasteiger partial charge on any atom is -0.399 e. The first kappa shape index (κ1) is 15.2. The SMILES string of the molecule is Nc1ccc(C2Nc3ccc(S(N)(=O)=O)cc3C3C=CCC32)cc1. The molecule has 124 valence electrons. The standard InChI is InChI=1S/C18H19N3O2S/c19-12-6-4-11(5-7-12)18-15-3-1-2-14(15)16-10-13(24(20,22)23)8-9-17(16)21-18/h1-2,4-10,14-15,18,21H,3,19H2,(H2,20,22,23). The summed E-state index contributed by atoms with van der Waals surface area (Å²) in [5.41, 5.74) is 9.67. The molecule has 0 radical (unpaired) electrons. The van der Waals surface area contributed by atoms with Crippen molar-refractivity contribution in [2.75, 3.05) is 11.1 Å². The summed E-state index contributed by atoms with van der Waals surface area (Å²) in [6, 6.07) is 13.1. The first-order valence-electron chi connectivity index (χ1n) is 7.89. The first-order chi connectivity index (χ1) is 11.4. The van der Waals surface area contributed by atoms with Crippen LogP contribution in [-0.4, -0.2) is 8.42 Å². The summed E-state index contributed by atoms with van der Waals surface area (Å²) in [6.07, 6.45) is 5.29. The number of nitrogens with two attached hydrogens (primary N) is 2. The van der Waals surface area contributed by atoms with Crippen LogP contribution in [0.4, 0.5) is 11.4 Å². The smallest absolute Gasteiger partial charge is 0.238 e. The third-order valence-electron chi connectivity index (χ3n) is 4.96. The predicted octanol–water partition coefficient (Wildman–Crippen LogP) is 2.74. The summed E-state index contributed by atoms with van der Waals surface area (Å²) in [5.74, 6) is 0.530. The Kier molecular flexibility index (Phi) is 3.40. The minimum absolute atomic E-state index is 0.160. The summed E-state index contributed by atoms with van der Waals surface area (Å²) >= 11 is 0. The van der Waals surface area contributed by atoms with Crippen molar-refractivity contribution in [3.8, 4) is 0 Å². The van der Waals surface area contributed by atoms with Crippen molar-refractivity contribution in [2.45, 2.75) is 23.3 Å². The Morgan fingerprint density at radius 3 is 2.54 bits per heavy atom. The lowest BCUT2D eigenvalue weighted by Crippen LogP contribution is -2.29. The van der Waals surface area contributed by atoms with Crippen molar-refractivity contribution in [3.63, 3.8) is 0 Å². The molecule has 5 N–H and O–H groups in total. The molecule has 1 aliphatic carbocycles. The van der Waals surface area contributed by atoms with Gasteiger partial charge in [0.2, 0.25) is 10.0 Å². The molecule has 0 fully saturated rings. The van der Waals surface area contributed by atoms with E-state index in [0.717, 1.165) is 23.4 Å². The highest BCUT2D eigenvalue weighted by molar-refractivity contribution is 7.89. The second-order valence-electron chi connectivity index (χ2n) is 6.44. The highest BCUT2D eigenvalue weighted by Crippen LogP contribution is 2.50. The molecule has 0 amide bonds. The highest BCUT2D eigenvalue weighted by atomic mass is 32.2. The number of anilines is 2. The van der Waals surface area contributed by atoms with E-state index < -0.39 is 10.0 Å². The van der Waals surface area contributed by atoms with Gasteiger partial charge in [0.25, 0.3) is 0 Å². The fourth-order valence-electron chi connectivity index (χ4n) is 3.78. The summed E-state index contributed by atoms with van der Waals surface area (Å²) in [4.78, 5) is 0.160. The van der Waals surface area contributed by atoms with Crippen LogP contribution in [0.3, 0.4) is 0 Å². The third-order valence-corrected chi connectivity index (χ3v) is 5.87. The van der Waals surface area contributed by atoms with Gasteiger partial charge in [0, 0.05) is 17.3 Å². The third kappa shape index (κ3) is 2.48. The fraction of sp³-hybridized carbons (Fsp3) is 0.222. The second-order valence-corrected chi connectivity index (χ2v) is 8.00. The molecule has 4 rings (SSSR count). The van der Waals surface area contributed by atoms with E-state index in [4.69, 9.17) is 10.9 Å². The number of fused-ring (bicyclic) bond motifs is 3. The molecule has 2 aromatic rings. The van der Waals surface area contributed by atoms with E-state index in [1.165, 1.54) is 5.56 Å². The van der Waals surface area contributed by atoms with Crippen LogP contribution in [0.2, 0.25) is 0 Å². The molecule has 3 atom stereocenters. The van der Waals surface area contributed by atoms with Gasteiger partial charge in [0.15, 0.2) is 0 Å². The number of nitrogens with one attached hydrogen (secondary N) is 1. The highest BCUT2D eigenvalue weighted by Gasteiger charge is 2.38. The monoisotopic (exact) mass is 341 g/mol. The number of hydrogen-bond acceptors (Lipinski definition) is 4. The van der Waals surface area contributed by atoms with Gasteiger partial charge in [-0.15, -0.1) is 0 Å². The van der Waals surface area contributed by atoms with E-state index in [0.29, 0.717) is 5.92 Å². The van der Waals surface area contributed by atoms with Crippen LogP contribution in [0, 0.1) is 5.92 Å².